The molecule has 0 bridgehead atoms. The van der Waals surface area contributed by atoms with Gasteiger partial charge in [0.25, 0.3) is 5.91 Å². The average molecular weight is 322 g/mol. The Hall–Kier alpha value is -2.83. The topological polar surface area (TPSA) is 72.2 Å². The summed E-state index contributed by atoms with van der Waals surface area (Å²) in [6.07, 6.45) is -4.72. The second-order valence-electron chi connectivity index (χ2n) is 4.83. The van der Waals surface area contributed by atoms with E-state index in [4.69, 9.17) is 5.73 Å². The molecule has 7 heteroatoms. The second kappa shape index (κ2) is 6.51. The Balaban J connectivity index is 2.13. The molecule has 0 atom stereocenters. The molecule has 2 rings (SSSR count). The number of para-hydroxylation sites is 1. The molecule has 0 heterocycles. The van der Waals surface area contributed by atoms with Crippen LogP contribution in [0.25, 0.3) is 0 Å². The first-order valence-corrected chi connectivity index (χ1v) is 6.62. The van der Waals surface area contributed by atoms with E-state index in [9.17, 15) is 22.8 Å². The standard InChI is InChI=1S/C16H13F3N2O2/c17-16(18,19)11-5-3-4-10(8-11)9-14(22)21-13-7-2-1-6-12(13)15(20)23/h1-8H,9H2,(H2,20,23)(H,21,22). The molecule has 0 radical (unpaired) electrons. The van der Waals surface area contributed by atoms with E-state index in [-0.39, 0.29) is 23.2 Å². The number of alkyl halides is 3. The monoisotopic (exact) mass is 322 g/mol. The van der Waals surface area contributed by atoms with Crippen molar-refractivity contribution in [1.82, 2.24) is 0 Å². The van der Waals surface area contributed by atoms with Gasteiger partial charge in [-0.15, -0.1) is 0 Å². The molecule has 3 N–H and O–H groups in total. The SMILES string of the molecule is NC(=O)c1ccccc1NC(=O)Cc1cccc(C(F)(F)F)c1. The fourth-order valence-corrected chi connectivity index (χ4v) is 2.04. The zero-order valence-electron chi connectivity index (χ0n) is 11.9. The fraction of sp³-hybridized carbons (Fsp3) is 0.125. The summed E-state index contributed by atoms with van der Waals surface area (Å²) in [6.45, 7) is 0. The van der Waals surface area contributed by atoms with Crippen molar-refractivity contribution in [3.05, 3.63) is 65.2 Å². The maximum absolute atomic E-state index is 12.6. The highest BCUT2D eigenvalue weighted by Gasteiger charge is 2.30. The number of amides is 2. The predicted octanol–water partition coefficient (Wildman–Crippen LogP) is 2.99. The Labute approximate surface area is 130 Å². The number of primary amides is 1. The van der Waals surface area contributed by atoms with E-state index in [0.717, 1.165) is 12.1 Å². The van der Waals surface area contributed by atoms with Crippen molar-refractivity contribution >= 4 is 17.5 Å². The maximum atomic E-state index is 12.6. The molecule has 0 spiro atoms. The summed E-state index contributed by atoms with van der Waals surface area (Å²) in [5.74, 6) is -1.25. The number of carbonyl (C=O) groups excluding carboxylic acids is 2. The van der Waals surface area contributed by atoms with Crippen LogP contribution in [0.2, 0.25) is 0 Å². The molecule has 0 aliphatic rings. The summed E-state index contributed by atoms with van der Waals surface area (Å²) < 4.78 is 37.9. The summed E-state index contributed by atoms with van der Waals surface area (Å²) in [6, 6.07) is 10.6. The van der Waals surface area contributed by atoms with Crippen LogP contribution in [-0.2, 0) is 17.4 Å². The highest BCUT2D eigenvalue weighted by Crippen LogP contribution is 2.29. The van der Waals surface area contributed by atoms with Gasteiger partial charge in [0.15, 0.2) is 0 Å². The number of carbonyl (C=O) groups is 2. The molecule has 0 saturated heterocycles. The molecule has 0 aliphatic carbocycles. The van der Waals surface area contributed by atoms with Crippen LogP contribution in [0.15, 0.2) is 48.5 Å². The van der Waals surface area contributed by atoms with E-state index in [0.29, 0.717) is 0 Å². The van der Waals surface area contributed by atoms with E-state index in [2.05, 4.69) is 5.32 Å². The van der Waals surface area contributed by atoms with Gasteiger partial charge in [-0.1, -0.05) is 30.3 Å². The minimum atomic E-state index is -4.47. The molecular weight excluding hydrogens is 309 g/mol. The minimum absolute atomic E-state index is 0.130. The molecule has 0 unspecified atom stereocenters. The maximum Gasteiger partial charge on any atom is 0.416 e. The second-order valence-corrected chi connectivity index (χ2v) is 4.83. The first-order valence-electron chi connectivity index (χ1n) is 6.62. The molecule has 2 amide bonds. The number of benzene rings is 2. The van der Waals surface area contributed by atoms with E-state index < -0.39 is 23.6 Å². The minimum Gasteiger partial charge on any atom is -0.366 e. The first-order chi connectivity index (χ1) is 10.8. The van der Waals surface area contributed by atoms with Gasteiger partial charge in [-0.3, -0.25) is 9.59 Å². The molecule has 0 aliphatic heterocycles. The summed E-state index contributed by atoms with van der Waals surface area (Å²) in [4.78, 5) is 23.2. The summed E-state index contributed by atoms with van der Waals surface area (Å²) in [5, 5.41) is 2.48. The van der Waals surface area contributed by atoms with E-state index >= 15 is 0 Å². The summed E-state index contributed by atoms with van der Waals surface area (Å²) >= 11 is 0. The van der Waals surface area contributed by atoms with Gasteiger partial charge in [0.2, 0.25) is 5.91 Å². The quantitative estimate of drug-likeness (QED) is 0.908. The van der Waals surface area contributed by atoms with E-state index in [1.54, 1.807) is 12.1 Å². The van der Waals surface area contributed by atoms with Gasteiger partial charge in [0.05, 0.1) is 23.2 Å². The number of nitrogens with one attached hydrogen (secondary N) is 1. The zero-order valence-corrected chi connectivity index (χ0v) is 11.9. The van der Waals surface area contributed by atoms with Crippen molar-refractivity contribution in [3.63, 3.8) is 0 Å². The lowest BCUT2D eigenvalue weighted by Crippen LogP contribution is -2.19. The van der Waals surface area contributed by atoms with Crippen LogP contribution in [0, 0.1) is 0 Å². The van der Waals surface area contributed by atoms with Gasteiger partial charge >= 0.3 is 6.18 Å². The largest absolute Gasteiger partial charge is 0.416 e. The first kappa shape index (κ1) is 16.5. The van der Waals surface area contributed by atoms with Crippen LogP contribution in [-0.4, -0.2) is 11.8 Å². The molecule has 0 fully saturated rings. The highest BCUT2D eigenvalue weighted by atomic mass is 19.4. The van der Waals surface area contributed by atoms with Gasteiger partial charge < -0.3 is 11.1 Å². The third-order valence-corrected chi connectivity index (χ3v) is 3.09. The Morgan fingerprint density at radius 3 is 2.39 bits per heavy atom. The predicted molar refractivity (Wildman–Crippen MR) is 78.7 cm³/mol. The lowest BCUT2D eigenvalue weighted by molar-refractivity contribution is -0.137. The summed E-state index contributed by atoms with van der Waals surface area (Å²) in [5.41, 5.74) is 4.94. The van der Waals surface area contributed by atoms with Crippen LogP contribution in [0.3, 0.4) is 0 Å². The number of hydrogen-bond donors (Lipinski definition) is 2. The molecule has 23 heavy (non-hydrogen) atoms. The molecule has 0 saturated carbocycles. The molecule has 0 aromatic heterocycles. The van der Waals surface area contributed by atoms with E-state index in [1.165, 1.54) is 24.3 Å². The Bertz CT molecular complexity index is 742. The number of halogens is 3. The van der Waals surface area contributed by atoms with Crippen molar-refractivity contribution in [1.29, 1.82) is 0 Å². The third kappa shape index (κ3) is 4.32. The molecule has 2 aromatic rings. The molecular formula is C16H13F3N2O2. The Kier molecular flexibility index (Phi) is 4.68. The molecule has 4 nitrogen and oxygen atoms in total. The van der Waals surface area contributed by atoms with Crippen molar-refractivity contribution in [2.75, 3.05) is 5.32 Å². The van der Waals surface area contributed by atoms with Gasteiger partial charge in [0.1, 0.15) is 0 Å². The van der Waals surface area contributed by atoms with Gasteiger partial charge in [-0.2, -0.15) is 13.2 Å². The lowest BCUT2D eigenvalue weighted by Gasteiger charge is -2.10. The average Bonchev–Trinajstić information content (AvgIpc) is 2.46. The number of rotatable bonds is 4. The van der Waals surface area contributed by atoms with Crippen molar-refractivity contribution in [3.8, 4) is 0 Å². The van der Waals surface area contributed by atoms with Crippen molar-refractivity contribution in [2.45, 2.75) is 12.6 Å². The normalized spacial score (nSPS) is 11.1. The molecule has 2 aromatic carbocycles. The van der Waals surface area contributed by atoms with Crippen LogP contribution in [0.5, 0.6) is 0 Å². The van der Waals surface area contributed by atoms with Gasteiger partial charge in [0, 0.05) is 0 Å². The molecule has 120 valence electrons. The number of nitrogens with two attached hydrogens (primary N) is 1. The zero-order chi connectivity index (χ0) is 17.0. The fourth-order valence-electron chi connectivity index (χ4n) is 2.04. The lowest BCUT2D eigenvalue weighted by atomic mass is 10.1. The van der Waals surface area contributed by atoms with Crippen LogP contribution in [0.1, 0.15) is 21.5 Å². The summed E-state index contributed by atoms with van der Waals surface area (Å²) in [7, 11) is 0. The highest BCUT2D eigenvalue weighted by molar-refractivity contribution is 6.03. The Morgan fingerprint density at radius 1 is 1.04 bits per heavy atom. The number of hydrogen-bond acceptors (Lipinski definition) is 2. The third-order valence-electron chi connectivity index (χ3n) is 3.09. The van der Waals surface area contributed by atoms with E-state index in [1.807, 2.05) is 0 Å². The van der Waals surface area contributed by atoms with Crippen LogP contribution < -0.4 is 11.1 Å². The van der Waals surface area contributed by atoms with Crippen molar-refractivity contribution < 1.29 is 22.8 Å². The smallest absolute Gasteiger partial charge is 0.366 e. The Morgan fingerprint density at radius 2 is 1.74 bits per heavy atom. The number of anilines is 1. The van der Waals surface area contributed by atoms with Gasteiger partial charge in [-0.05, 0) is 23.8 Å². The van der Waals surface area contributed by atoms with Crippen molar-refractivity contribution in [2.24, 2.45) is 5.73 Å². The van der Waals surface area contributed by atoms with Crippen LogP contribution >= 0.6 is 0 Å². The van der Waals surface area contributed by atoms with Crippen LogP contribution in [0.4, 0.5) is 18.9 Å². The van der Waals surface area contributed by atoms with Gasteiger partial charge in [-0.25, -0.2) is 0 Å².